The molecule has 3 amide bonds. The van der Waals surface area contributed by atoms with Crippen molar-refractivity contribution in [1.29, 1.82) is 0 Å². The number of carbonyl (C=O) groups excluding carboxylic acids is 2. The van der Waals surface area contributed by atoms with Crippen molar-refractivity contribution in [2.75, 3.05) is 29.6 Å². The molecule has 39 heavy (non-hydrogen) atoms. The van der Waals surface area contributed by atoms with Gasteiger partial charge in [-0.05, 0) is 60.5 Å². The molecule has 6 nitrogen and oxygen atoms in total. The number of hydrogen-bond acceptors (Lipinski definition) is 3. The molecule has 0 saturated heterocycles. The Bertz CT molecular complexity index is 1280. The highest BCUT2D eigenvalue weighted by molar-refractivity contribution is 6.00. The minimum atomic E-state index is -4.45. The zero-order valence-electron chi connectivity index (χ0n) is 23.1. The Morgan fingerprint density at radius 3 is 1.95 bits per heavy atom. The zero-order chi connectivity index (χ0) is 29.0. The van der Waals surface area contributed by atoms with Gasteiger partial charge in [0.1, 0.15) is 0 Å². The number of benzene rings is 3. The molecule has 0 aliphatic carbocycles. The van der Waals surface area contributed by atoms with Gasteiger partial charge in [-0.1, -0.05) is 51.1 Å². The first-order chi connectivity index (χ1) is 18.2. The van der Waals surface area contributed by atoms with Gasteiger partial charge in [0, 0.05) is 43.1 Å². The number of hydrogen-bond donors (Lipinski definition) is 2. The summed E-state index contributed by atoms with van der Waals surface area (Å²) >= 11 is 0. The third kappa shape index (κ3) is 7.75. The van der Waals surface area contributed by atoms with E-state index in [-0.39, 0.29) is 17.6 Å². The van der Waals surface area contributed by atoms with Gasteiger partial charge in [-0.25, -0.2) is 4.79 Å². The number of nitrogens with one attached hydrogen (secondary N) is 2. The number of alkyl halides is 3. The van der Waals surface area contributed by atoms with Crippen molar-refractivity contribution in [1.82, 2.24) is 4.90 Å². The topological polar surface area (TPSA) is 64.7 Å². The molecule has 208 valence electrons. The van der Waals surface area contributed by atoms with E-state index < -0.39 is 23.2 Å². The lowest BCUT2D eigenvalue weighted by molar-refractivity contribution is -0.142. The van der Waals surface area contributed by atoms with E-state index in [1.807, 2.05) is 94.1 Å². The first kappa shape index (κ1) is 29.5. The van der Waals surface area contributed by atoms with E-state index >= 15 is 0 Å². The third-order valence-corrected chi connectivity index (χ3v) is 6.28. The number of anilines is 3. The Balaban J connectivity index is 1.86. The van der Waals surface area contributed by atoms with Crippen molar-refractivity contribution in [3.8, 4) is 0 Å². The molecule has 0 heterocycles. The summed E-state index contributed by atoms with van der Waals surface area (Å²) in [6.45, 7) is 7.95. The molecule has 0 fully saturated rings. The minimum Gasteiger partial charge on any atom is -0.377 e. The van der Waals surface area contributed by atoms with E-state index in [1.54, 1.807) is 6.07 Å². The van der Waals surface area contributed by atoms with Crippen LogP contribution in [-0.4, -0.2) is 30.9 Å². The summed E-state index contributed by atoms with van der Waals surface area (Å²) in [6.07, 6.45) is -4.45. The standard InChI is InChI=1S/C30H35F3N4O2/c1-20(21-10-8-7-9-11-21)37(27(38)29(2,3)4)19-22-18-25(16-17-26(22)36(5)6)35-28(39)34-24-14-12-23(13-15-24)30(31,32)33/h7-18,20H,19H2,1-6H3,(H2,34,35,39)/t20-/m1/s1. The summed E-state index contributed by atoms with van der Waals surface area (Å²) in [5, 5.41) is 5.29. The molecule has 1 atom stereocenters. The van der Waals surface area contributed by atoms with Crippen molar-refractivity contribution in [3.05, 3.63) is 89.5 Å². The lowest BCUT2D eigenvalue weighted by Crippen LogP contribution is -2.40. The van der Waals surface area contributed by atoms with Crippen LogP contribution in [0.25, 0.3) is 0 Å². The highest BCUT2D eigenvalue weighted by atomic mass is 19.4. The smallest absolute Gasteiger partial charge is 0.377 e. The third-order valence-electron chi connectivity index (χ3n) is 6.28. The van der Waals surface area contributed by atoms with Crippen LogP contribution < -0.4 is 15.5 Å². The first-order valence-electron chi connectivity index (χ1n) is 12.6. The van der Waals surface area contributed by atoms with Gasteiger partial charge < -0.3 is 20.4 Å². The van der Waals surface area contributed by atoms with Crippen LogP contribution in [-0.2, 0) is 17.5 Å². The predicted octanol–water partition coefficient (Wildman–Crippen LogP) is 7.55. The first-order valence-corrected chi connectivity index (χ1v) is 12.6. The van der Waals surface area contributed by atoms with Crippen LogP contribution in [0.15, 0.2) is 72.8 Å². The van der Waals surface area contributed by atoms with Crippen molar-refractivity contribution in [2.24, 2.45) is 5.41 Å². The number of carbonyl (C=O) groups is 2. The number of amides is 3. The van der Waals surface area contributed by atoms with Gasteiger partial charge in [0.05, 0.1) is 11.6 Å². The molecule has 0 saturated carbocycles. The van der Waals surface area contributed by atoms with E-state index in [4.69, 9.17) is 0 Å². The summed E-state index contributed by atoms with van der Waals surface area (Å²) in [5.41, 5.74) is 2.02. The Morgan fingerprint density at radius 2 is 1.41 bits per heavy atom. The van der Waals surface area contributed by atoms with Gasteiger partial charge in [0.15, 0.2) is 0 Å². The van der Waals surface area contributed by atoms with Crippen LogP contribution in [0.2, 0.25) is 0 Å². The molecule has 0 bridgehead atoms. The monoisotopic (exact) mass is 540 g/mol. The number of nitrogens with zero attached hydrogens (tertiary/aromatic N) is 2. The Morgan fingerprint density at radius 1 is 0.846 bits per heavy atom. The van der Waals surface area contributed by atoms with E-state index in [1.165, 1.54) is 12.1 Å². The maximum absolute atomic E-state index is 13.6. The largest absolute Gasteiger partial charge is 0.416 e. The second-order valence-electron chi connectivity index (χ2n) is 10.7. The highest BCUT2D eigenvalue weighted by Crippen LogP contribution is 2.32. The fourth-order valence-corrected chi connectivity index (χ4v) is 4.17. The van der Waals surface area contributed by atoms with Gasteiger partial charge in [-0.15, -0.1) is 0 Å². The van der Waals surface area contributed by atoms with E-state index in [0.29, 0.717) is 12.2 Å². The summed E-state index contributed by atoms with van der Waals surface area (Å²) in [4.78, 5) is 30.0. The molecule has 3 rings (SSSR count). The molecule has 3 aromatic carbocycles. The fourth-order valence-electron chi connectivity index (χ4n) is 4.17. The van der Waals surface area contributed by atoms with Crippen molar-refractivity contribution in [3.63, 3.8) is 0 Å². The van der Waals surface area contributed by atoms with Gasteiger partial charge in [-0.3, -0.25) is 4.79 Å². The van der Waals surface area contributed by atoms with Gasteiger partial charge in [0.2, 0.25) is 5.91 Å². The fraction of sp³-hybridized carbons (Fsp3) is 0.333. The van der Waals surface area contributed by atoms with Crippen LogP contribution in [0.5, 0.6) is 0 Å². The average molecular weight is 541 g/mol. The van der Waals surface area contributed by atoms with Crippen LogP contribution in [0, 0.1) is 5.41 Å². The number of urea groups is 1. The van der Waals surface area contributed by atoms with Gasteiger partial charge in [0.25, 0.3) is 0 Å². The van der Waals surface area contributed by atoms with E-state index in [9.17, 15) is 22.8 Å². The summed E-state index contributed by atoms with van der Waals surface area (Å²) in [6, 6.07) is 18.6. The second kappa shape index (κ2) is 11.8. The van der Waals surface area contributed by atoms with Crippen molar-refractivity contribution in [2.45, 2.75) is 46.5 Å². The predicted molar refractivity (Wildman–Crippen MR) is 150 cm³/mol. The molecular weight excluding hydrogens is 505 g/mol. The summed E-state index contributed by atoms with van der Waals surface area (Å²) in [5.74, 6) is -0.0121. The molecule has 9 heteroatoms. The normalized spacial score (nSPS) is 12.4. The molecule has 0 aliphatic heterocycles. The zero-order valence-corrected chi connectivity index (χ0v) is 23.1. The average Bonchev–Trinajstić information content (AvgIpc) is 2.86. The molecule has 0 radical (unpaired) electrons. The molecular formula is C30H35F3N4O2. The van der Waals surface area contributed by atoms with Crippen LogP contribution in [0.3, 0.4) is 0 Å². The maximum atomic E-state index is 13.6. The van der Waals surface area contributed by atoms with Gasteiger partial charge >= 0.3 is 12.2 Å². The van der Waals surface area contributed by atoms with Crippen molar-refractivity contribution >= 4 is 29.0 Å². The maximum Gasteiger partial charge on any atom is 0.416 e. The lowest BCUT2D eigenvalue weighted by atomic mass is 9.92. The van der Waals surface area contributed by atoms with Crippen LogP contribution >= 0.6 is 0 Å². The number of rotatable bonds is 7. The van der Waals surface area contributed by atoms with E-state index in [0.717, 1.165) is 28.9 Å². The molecule has 2 N–H and O–H groups in total. The van der Waals surface area contributed by atoms with Gasteiger partial charge in [-0.2, -0.15) is 13.2 Å². The quantitative estimate of drug-likeness (QED) is 0.325. The molecule has 3 aromatic rings. The number of halogens is 3. The second-order valence-corrected chi connectivity index (χ2v) is 10.7. The van der Waals surface area contributed by atoms with Crippen LogP contribution in [0.4, 0.5) is 35.0 Å². The Kier molecular flexibility index (Phi) is 8.94. The lowest BCUT2D eigenvalue weighted by Gasteiger charge is -2.35. The van der Waals surface area contributed by atoms with E-state index in [2.05, 4.69) is 10.6 Å². The minimum absolute atomic E-state index is 0.0121. The SMILES string of the molecule is C[C@H](c1ccccc1)N(Cc1cc(NC(=O)Nc2ccc(C(F)(F)F)cc2)ccc1N(C)C)C(=O)C(C)(C)C. The Labute approximate surface area is 227 Å². The van der Waals surface area contributed by atoms with Crippen molar-refractivity contribution < 1.29 is 22.8 Å². The van der Waals surface area contributed by atoms with Crippen LogP contribution in [0.1, 0.15) is 50.4 Å². The molecule has 0 aromatic heterocycles. The summed E-state index contributed by atoms with van der Waals surface area (Å²) in [7, 11) is 3.81. The molecule has 0 unspecified atom stereocenters. The molecule has 0 aliphatic rings. The highest BCUT2D eigenvalue weighted by Gasteiger charge is 2.32. The Hall–Kier alpha value is -4.01. The summed E-state index contributed by atoms with van der Waals surface area (Å²) < 4.78 is 38.5. The molecule has 0 spiro atoms.